The van der Waals surface area contributed by atoms with Crippen LogP contribution in [-0.2, 0) is 4.79 Å². The lowest BCUT2D eigenvalue weighted by Crippen LogP contribution is -2.35. The highest BCUT2D eigenvalue weighted by Crippen LogP contribution is 2.31. The Morgan fingerprint density at radius 2 is 2.28 bits per heavy atom. The number of amides is 1. The van der Waals surface area contributed by atoms with Crippen molar-refractivity contribution in [3.05, 3.63) is 29.0 Å². The Labute approximate surface area is 109 Å². The molecule has 96 valence electrons. The normalized spacial score (nSPS) is 23.1. The van der Waals surface area contributed by atoms with Gasteiger partial charge in [0, 0.05) is 19.3 Å². The zero-order chi connectivity index (χ0) is 13.3. The number of carboxylic acid groups (broad SMARTS) is 1. The summed E-state index contributed by atoms with van der Waals surface area (Å²) in [6.45, 7) is 2.27. The van der Waals surface area contributed by atoms with Crippen LogP contribution in [0.25, 0.3) is 0 Å². The maximum Gasteiger partial charge on any atom is 0.311 e. The first-order chi connectivity index (χ1) is 8.44. The molecule has 0 spiro atoms. The molecule has 1 atom stereocenters. The Morgan fingerprint density at radius 3 is 2.83 bits per heavy atom. The minimum Gasteiger partial charge on any atom is -0.481 e. The summed E-state index contributed by atoms with van der Waals surface area (Å²) in [7, 11) is 0. The van der Waals surface area contributed by atoms with E-state index in [1.54, 1.807) is 19.1 Å². The molecule has 0 saturated carbocycles. The monoisotopic (exact) mass is 268 g/mol. The molecule has 0 radical (unpaired) electrons. The van der Waals surface area contributed by atoms with E-state index in [1.807, 2.05) is 0 Å². The predicted octanol–water partition coefficient (Wildman–Crippen LogP) is 1.67. The molecule has 2 rings (SSSR count). The second-order valence-electron chi connectivity index (χ2n) is 4.68. The number of rotatable bonds is 2. The Hall–Kier alpha value is -1.62. The van der Waals surface area contributed by atoms with Crippen LogP contribution in [0.4, 0.5) is 0 Å². The summed E-state index contributed by atoms with van der Waals surface area (Å²) < 4.78 is 0. The molecule has 1 aromatic rings. The Kier molecular flexibility index (Phi) is 3.26. The minimum absolute atomic E-state index is 0.145. The van der Waals surface area contributed by atoms with Gasteiger partial charge in [0.2, 0.25) is 0 Å². The number of carbonyl (C=O) groups is 2. The number of carboxylic acids is 1. The van der Waals surface area contributed by atoms with Crippen LogP contribution < -0.4 is 0 Å². The van der Waals surface area contributed by atoms with Crippen molar-refractivity contribution in [2.75, 3.05) is 13.1 Å². The molecule has 0 bridgehead atoms. The van der Waals surface area contributed by atoms with Crippen molar-refractivity contribution in [1.82, 2.24) is 9.88 Å². The van der Waals surface area contributed by atoms with E-state index in [0.717, 1.165) is 0 Å². The standard InChI is InChI=1S/C12H13ClN2O3/c1-12(11(17)18)4-6-15(7-12)10(16)8-3-2-5-14-9(8)13/h2-3,5H,4,6-7H2,1H3,(H,17,18). The van der Waals surface area contributed by atoms with E-state index in [0.29, 0.717) is 18.5 Å². The van der Waals surface area contributed by atoms with E-state index < -0.39 is 11.4 Å². The van der Waals surface area contributed by atoms with Crippen LogP contribution in [0.1, 0.15) is 23.7 Å². The fourth-order valence-corrected chi connectivity index (χ4v) is 2.23. The van der Waals surface area contributed by atoms with Crippen LogP contribution in [0.2, 0.25) is 5.15 Å². The lowest BCUT2D eigenvalue weighted by molar-refractivity contribution is -0.147. The lowest BCUT2D eigenvalue weighted by atomic mass is 9.90. The fraction of sp³-hybridized carbons (Fsp3) is 0.417. The molecule has 2 heterocycles. The van der Waals surface area contributed by atoms with Crippen LogP contribution in [0.3, 0.4) is 0 Å². The van der Waals surface area contributed by atoms with Crippen molar-refractivity contribution in [2.24, 2.45) is 5.41 Å². The molecular weight excluding hydrogens is 256 g/mol. The van der Waals surface area contributed by atoms with E-state index in [1.165, 1.54) is 11.1 Å². The van der Waals surface area contributed by atoms with Gasteiger partial charge in [-0.15, -0.1) is 0 Å². The highest BCUT2D eigenvalue weighted by Gasteiger charge is 2.42. The Balaban J connectivity index is 2.18. The van der Waals surface area contributed by atoms with Gasteiger partial charge in [-0.3, -0.25) is 9.59 Å². The van der Waals surface area contributed by atoms with Crippen molar-refractivity contribution in [1.29, 1.82) is 0 Å². The topological polar surface area (TPSA) is 70.5 Å². The second kappa shape index (κ2) is 4.57. The number of aromatic nitrogens is 1. The third kappa shape index (κ3) is 2.18. The van der Waals surface area contributed by atoms with Gasteiger partial charge in [0.25, 0.3) is 5.91 Å². The maximum atomic E-state index is 12.2. The SMILES string of the molecule is CC1(C(=O)O)CCN(C(=O)c2cccnc2Cl)C1. The van der Waals surface area contributed by atoms with Crippen molar-refractivity contribution in [3.8, 4) is 0 Å². The maximum absolute atomic E-state index is 12.2. The number of carbonyl (C=O) groups excluding carboxylic acids is 1. The minimum atomic E-state index is -0.880. The average Bonchev–Trinajstić information content (AvgIpc) is 2.73. The molecule has 1 N–H and O–H groups in total. The molecule has 1 aromatic heterocycles. The van der Waals surface area contributed by atoms with Gasteiger partial charge in [-0.25, -0.2) is 4.98 Å². The number of halogens is 1. The van der Waals surface area contributed by atoms with Gasteiger partial charge < -0.3 is 10.0 Å². The number of aliphatic carboxylic acids is 1. The van der Waals surface area contributed by atoms with Gasteiger partial charge in [0.15, 0.2) is 0 Å². The zero-order valence-corrected chi connectivity index (χ0v) is 10.6. The molecule has 1 unspecified atom stereocenters. The molecule has 0 aromatic carbocycles. The molecular formula is C12H13ClN2O3. The molecule has 1 amide bonds. The molecule has 1 saturated heterocycles. The summed E-state index contributed by atoms with van der Waals surface area (Å²) in [6, 6.07) is 3.22. The summed E-state index contributed by atoms with van der Waals surface area (Å²) in [4.78, 5) is 28.7. The zero-order valence-electron chi connectivity index (χ0n) is 9.89. The van der Waals surface area contributed by atoms with Gasteiger partial charge in [0.1, 0.15) is 5.15 Å². The van der Waals surface area contributed by atoms with Gasteiger partial charge in [0.05, 0.1) is 11.0 Å². The number of nitrogens with zero attached hydrogens (tertiary/aromatic N) is 2. The summed E-state index contributed by atoms with van der Waals surface area (Å²) >= 11 is 5.86. The molecule has 1 aliphatic heterocycles. The van der Waals surface area contributed by atoms with E-state index in [4.69, 9.17) is 16.7 Å². The van der Waals surface area contributed by atoms with Crippen molar-refractivity contribution in [2.45, 2.75) is 13.3 Å². The van der Waals surface area contributed by atoms with Gasteiger partial charge in [-0.05, 0) is 25.5 Å². The predicted molar refractivity (Wildman–Crippen MR) is 65.5 cm³/mol. The first kappa shape index (κ1) is 12.8. The van der Waals surface area contributed by atoms with Crippen molar-refractivity contribution in [3.63, 3.8) is 0 Å². The van der Waals surface area contributed by atoms with E-state index in [2.05, 4.69) is 4.98 Å². The van der Waals surface area contributed by atoms with E-state index in [-0.39, 0.29) is 17.6 Å². The van der Waals surface area contributed by atoms with Crippen LogP contribution in [-0.4, -0.2) is 40.0 Å². The molecule has 1 fully saturated rings. The number of hydrogen-bond acceptors (Lipinski definition) is 3. The highest BCUT2D eigenvalue weighted by atomic mass is 35.5. The van der Waals surface area contributed by atoms with E-state index >= 15 is 0 Å². The third-order valence-corrected chi connectivity index (χ3v) is 3.57. The molecule has 0 aliphatic carbocycles. The van der Waals surface area contributed by atoms with Gasteiger partial charge in [-0.2, -0.15) is 0 Å². The number of hydrogen-bond donors (Lipinski definition) is 1. The summed E-state index contributed by atoms with van der Waals surface area (Å²) in [5.74, 6) is -1.15. The average molecular weight is 269 g/mol. The smallest absolute Gasteiger partial charge is 0.311 e. The summed E-state index contributed by atoms with van der Waals surface area (Å²) in [5, 5.41) is 9.27. The summed E-state index contributed by atoms with van der Waals surface area (Å²) in [5.41, 5.74) is -0.557. The van der Waals surface area contributed by atoms with Crippen molar-refractivity contribution < 1.29 is 14.7 Å². The quantitative estimate of drug-likeness (QED) is 0.829. The second-order valence-corrected chi connectivity index (χ2v) is 5.04. The molecule has 18 heavy (non-hydrogen) atoms. The number of pyridine rings is 1. The first-order valence-electron chi connectivity index (χ1n) is 5.57. The van der Waals surface area contributed by atoms with Gasteiger partial charge >= 0.3 is 5.97 Å². The van der Waals surface area contributed by atoms with Crippen molar-refractivity contribution >= 4 is 23.5 Å². The first-order valence-corrected chi connectivity index (χ1v) is 5.95. The number of likely N-dealkylation sites (tertiary alicyclic amines) is 1. The van der Waals surface area contributed by atoms with E-state index in [9.17, 15) is 9.59 Å². The van der Waals surface area contributed by atoms with Crippen LogP contribution in [0, 0.1) is 5.41 Å². The van der Waals surface area contributed by atoms with Gasteiger partial charge in [-0.1, -0.05) is 11.6 Å². The lowest BCUT2D eigenvalue weighted by Gasteiger charge is -2.20. The molecule has 1 aliphatic rings. The highest BCUT2D eigenvalue weighted by molar-refractivity contribution is 6.32. The molecule has 6 heteroatoms. The Morgan fingerprint density at radius 1 is 1.56 bits per heavy atom. The molecule has 5 nitrogen and oxygen atoms in total. The van der Waals surface area contributed by atoms with Crippen LogP contribution in [0.5, 0.6) is 0 Å². The largest absolute Gasteiger partial charge is 0.481 e. The van der Waals surface area contributed by atoms with Crippen LogP contribution >= 0.6 is 11.6 Å². The van der Waals surface area contributed by atoms with Crippen LogP contribution in [0.15, 0.2) is 18.3 Å². The fourth-order valence-electron chi connectivity index (χ4n) is 2.02. The summed E-state index contributed by atoms with van der Waals surface area (Å²) in [6.07, 6.45) is 1.95. The Bertz CT molecular complexity index is 506. The third-order valence-electron chi connectivity index (χ3n) is 3.27.